The van der Waals surface area contributed by atoms with Gasteiger partial charge in [-0.05, 0) is 0 Å². The predicted octanol–water partition coefficient (Wildman–Crippen LogP) is 0. The molecule has 68 valence electrons. The quantitative estimate of drug-likeness (QED) is 0.321. The molecule has 0 aromatic rings. The van der Waals surface area contributed by atoms with Crippen LogP contribution in [0.2, 0.25) is 0 Å². The summed E-state index contributed by atoms with van der Waals surface area (Å²) in [5.74, 6) is 0. The summed E-state index contributed by atoms with van der Waals surface area (Å²) in [6, 6.07) is 0. The van der Waals surface area contributed by atoms with Crippen molar-refractivity contribution in [2.45, 2.75) is 0 Å². The van der Waals surface area contributed by atoms with Gasteiger partial charge in [0.15, 0.2) is 0 Å². The molecular formula is U17. The van der Waals surface area contributed by atoms with Gasteiger partial charge in [-0.1, -0.05) is 0 Å². The van der Waals surface area contributed by atoms with Gasteiger partial charge in [0.25, 0.3) is 0 Å². The summed E-state index contributed by atoms with van der Waals surface area (Å²) >= 11 is 0. The Labute approximate surface area is 509 Å². The fourth-order valence-electron chi connectivity index (χ4n) is 0. The smallest absolute Gasteiger partial charge is 0 e. The van der Waals surface area contributed by atoms with Gasteiger partial charge >= 0.3 is 0 Å². The summed E-state index contributed by atoms with van der Waals surface area (Å²) in [6.07, 6.45) is 0. The van der Waals surface area contributed by atoms with E-state index in [9.17, 15) is 0 Å². The van der Waals surface area contributed by atoms with Gasteiger partial charge in [0, 0.05) is 529 Å². The van der Waals surface area contributed by atoms with E-state index in [1.165, 1.54) is 0 Å². The van der Waals surface area contributed by atoms with E-state index in [-0.39, 0.29) is 529 Å². The van der Waals surface area contributed by atoms with Gasteiger partial charge in [0.05, 0.1) is 0 Å². The standard InChI is InChI=1S/17U. The van der Waals surface area contributed by atoms with Gasteiger partial charge in [0.1, 0.15) is 0 Å². The average Bonchev–Trinajstić information content (AvgIpc) is 0. The van der Waals surface area contributed by atoms with Crippen LogP contribution in [-0.4, -0.2) is 0 Å². The number of hydrogen-bond donors (Lipinski definition) is 0. The molecule has 0 amide bonds. The van der Waals surface area contributed by atoms with E-state index in [0.717, 1.165) is 0 Å². The average molecular weight is 4050 g/mol. The van der Waals surface area contributed by atoms with Crippen molar-refractivity contribution in [2.24, 2.45) is 0 Å². The summed E-state index contributed by atoms with van der Waals surface area (Å²) < 4.78 is 0. The molecule has 0 N–H and O–H groups in total. The summed E-state index contributed by atoms with van der Waals surface area (Å²) in [4.78, 5) is 0. The Morgan fingerprint density at radius 3 is 0.0588 bits per heavy atom. The molecule has 0 atom stereocenters. The first kappa shape index (κ1) is 125. The minimum Gasteiger partial charge on any atom is 0 e. The maximum atomic E-state index is 0. The zero-order chi connectivity index (χ0) is 0. The van der Waals surface area contributed by atoms with Crippen LogP contribution in [0.15, 0.2) is 0 Å². The Bertz CT molecular complexity index is 0. The minimum absolute atomic E-state index is 0. The Kier molecular flexibility index (Phi) is 844. The first-order chi connectivity index (χ1) is 0. The van der Waals surface area contributed by atoms with E-state index in [4.69, 9.17) is 0 Å². The molecule has 0 bridgehead atoms. The van der Waals surface area contributed by atoms with Gasteiger partial charge in [-0.15, -0.1) is 0 Å². The zero-order valence-corrected chi connectivity index (χ0v) is 79.3. The van der Waals surface area contributed by atoms with Crippen LogP contribution < -0.4 is 0 Å². The van der Waals surface area contributed by atoms with Gasteiger partial charge in [0.2, 0.25) is 0 Å². The van der Waals surface area contributed by atoms with E-state index < -0.39 is 0 Å². The van der Waals surface area contributed by atoms with Crippen molar-refractivity contribution in [3.05, 3.63) is 0 Å². The second-order valence-corrected chi connectivity index (χ2v) is 0. The normalized spacial score (nSPS) is 0. The molecule has 0 aromatic carbocycles. The SMILES string of the molecule is [U].[U].[U].[U].[U].[U].[U].[U].[U].[U].[U].[U].[U].[U].[U].[U].[U]. The molecule has 0 nitrogen and oxygen atoms in total. The van der Waals surface area contributed by atoms with Crippen molar-refractivity contribution in [1.82, 2.24) is 0 Å². The van der Waals surface area contributed by atoms with Crippen molar-refractivity contribution in [1.29, 1.82) is 0 Å². The molecule has 0 saturated heterocycles. The third-order valence-corrected chi connectivity index (χ3v) is 0. The number of hydrogen-bond acceptors (Lipinski definition) is 0. The fraction of sp³-hybridized carbons (Fsp3) is 0. The van der Waals surface area contributed by atoms with Crippen LogP contribution in [0.5, 0.6) is 0 Å². The molecule has 0 fully saturated rings. The Hall–Kier alpha value is 17.9. The first-order valence-corrected chi connectivity index (χ1v) is 0. The molecule has 0 radical (unpaired) electrons. The second-order valence-electron chi connectivity index (χ2n) is 0. The second kappa shape index (κ2) is 115. The van der Waals surface area contributed by atoms with Crippen molar-refractivity contribution in [3.8, 4) is 0 Å². The molecule has 0 aliphatic rings. The van der Waals surface area contributed by atoms with Crippen molar-refractivity contribution in [2.75, 3.05) is 0 Å². The van der Waals surface area contributed by atoms with Crippen LogP contribution in [0.1, 0.15) is 0 Å². The summed E-state index contributed by atoms with van der Waals surface area (Å²) in [6.45, 7) is 0. The van der Waals surface area contributed by atoms with Crippen LogP contribution in [0.4, 0.5) is 0 Å². The molecule has 0 aromatic heterocycles. The van der Waals surface area contributed by atoms with E-state index in [1.807, 2.05) is 0 Å². The molecule has 17 heteroatoms. The van der Waals surface area contributed by atoms with Gasteiger partial charge in [-0.2, -0.15) is 0 Å². The molecule has 0 heterocycles. The van der Waals surface area contributed by atoms with E-state index >= 15 is 0 Å². The van der Waals surface area contributed by atoms with Gasteiger partial charge < -0.3 is 0 Å². The maximum absolute atomic E-state index is 0. The van der Waals surface area contributed by atoms with Crippen LogP contribution >= 0.6 is 0 Å². The van der Waals surface area contributed by atoms with Crippen molar-refractivity contribution >= 4 is 0 Å². The van der Waals surface area contributed by atoms with Crippen LogP contribution in [-0.2, 0) is 0 Å². The maximum Gasteiger partial charge on any atom is 0 e. The summed E-state index contributed by atoms with van der Waals surface area (Å²) in [5.41, 5.74) is 0. The summed E-state index contributed by atoms with van der Waals surface area (Å²) in [7, 11) is 0. The van der Waals surface area contributed by atoms with Gasteiger partial charge in [-0.25, -0.2) is 0 Å². The molecule has 0 unspecified atom stereocenters. The first-order valence-electron chi connectivity index (χ1n) is 0. The topological polar surface area (TPSA) is 0 Å². The zero-order valence-electron chi connectivity index (χ0n) is 8.50. The van der Waals surface area contributed by atoms with E-state index in [1.54, 1.807) is 0 Å². The monoisotopic (exact) mass is 4050 g/mol. The van der Waals surface area contributed by atoms with Crippen LogP contribution in [0.3, 0.4) is 0 Å². The third-order valence-electron chi connectivity index (χ3n) is 0. The molecule has 0 aliphatic carbocycles. The fourth-order valence-corrected chi connectivity index (χ4v) is 0. The molecule has 0 rings (SSSR count). The molecule has 0 spiro atoms. The largest absolute Gasteiger partial charge is 0 e. The Morgan fingerprint density at radius 1 is 0.0588 bits per heavy atom. The Balaban J connectivity index is 0. The van der Waals surface area contributed by atoms with Crippen LogP contribution in [0, 0.1) is 529 Å². The van der Waals surface area contributed by atoms with Gasteiger partial charge in [-0.3, -0.25) is 0 Å². The van der Waals surface area contributed by atoms with E-state index in [0.29, 0.717) is 0 Å². The number of rotatable bonds is 0. The minimum atomic E-state index is 0. The molecular weight excluding hydrogens is 4050 g/mol. The predicted molar refractivity (Wildman–Crippen MR) is 0 cm³/mol. The van der Waals surface area contributed by atoms with Crippen molar-refractivity contribution in [3.63, 3.8) is 0 Å². The van der Waals surface area contributed by atoms with Crippen LogP contribution in [0.25, 0.3) is 0 Å². The molecule has 0 saturated carbocycles. The van der Waals surface area contributed by atoms with E-state index in [2.05, 4.69) is 0 Å². The molecule has 17 heavy (non-hydrogen) atoms. The molecule has 0 aliphatic heterocycles. The Morgan fingerprint density at radius 2 is 0.0588 bits per heavy atom. The summed E-state index contributed by atoms with van der Waals surface area (Å²) in [5, 5.41) is 0. The van der Waals surface area contributed by atoms with Crippen molar-refractivity contribution < 1.29 is 529 Å². The third kappa shape index (κ3) is 108.